The Morgan fingerprint density at radius 1 is 1.59 bits per heavy atom. The van der Waals surface area contributed by atoms with Gasteiger partial charge in [-0.2, -0.15) is 0 Å². The first-order chi connectivity index (χ1) is 8.33. The lowest BCUT2D eigenvalue weighted by atomic mass is 10.4. The highest BCUT2D eigenvalue weighted by Crippen LogP contribution is 2.37. The number of aromatic amines is 1. The van der Waals surface area contributed by atoms with E-state index in [4.69, 9.17) is 4.42 Å². The second-order valence-corrected chi connectivity index (χ2v) is 4.08. The largest absolute Gasteiger partial charge is 0.467 e. The van der Waals surface area contributed by atoms with Gasteiger partial charge in [-0.3, -0.25) is 9.89 Å². The van der Waals surface area contributed by atoms with Crippen LogP contribution in [0.1, 0.15) is 41.0 Å². The van der Waals surface area contributed by atoms with Crippen LogP contribution in [0.3, 0.4) is 0 Å². The number of hydrogen-bond acceptors (Lipinski definition) is 4. The van der Waals surface area contributed by atoms with E-state index in [2.05, 4.69) is 20.5 Å². The van der Waals surface area contributed by atoms with E-state index in [0.29, 0.717) is 18.2 Å². The number of nitrogens with zero attached hydrogens (tertiary/aromatic N) is 2. The zero-order chi connectivity index (χ0) is 11.7. The summed E-state index contributed by atoms with van der Waals surface area (Å²) >= 11 is 0. The normalized spacial score (nSPS) is 14.8. The molecule has 2 heterocycles. The molecule has 6 nitrogen and oxygen atoms in total. The second-order valence-electron chi connectivity index (χ2n) is 4.08. The maximum Gasteiger partial charge on any atom is 0.291 e. The van der Waals surface area contributed by atoms with Gasteiger partial charge in [-0.05, 0) is 25.0 Å². The molecule has 2 N–H and O–H groups in total. The highest BCUT2D eigenvalue weighted by molar-refractivity contribution is 5.90. The van der Waals surface area contributed by atoms with Crippen LogP contribution in [0.2, 0.25) is 0 Å². The Morgan fingerprint density at radius 3 is 3.18 bits per heavy atom. The Kier molecular flexibility index (Phi) is 2.40. The zero-order valence-electron chi connectivity index (χ0n) is 9.14. The first-order valence-corrected chi connectivity index (χ1v) is 5.56. The smallest absolute Gasteiger partial charge is 0.291 e. The lowest BCUT2D eigenvalue weighted by Crippen LogP contribution is -2.23. The fourth-order valence-electron chi connectivity index (χ4n) is 1.57. The number of aromatic nitrogens is 3. The molecule has 3 rings (SSSR count). The Hall–Kier alpha value is -2.11. The van der Waals surface area contributed by atoms with Crippen LogP contribution in [0.15, 0.2) is 22.8 Å². The molecule has 1 aliphatic carbocycles. The highest BCUT2D eigenvalue weighted by Gasteiger charge is 2.28. The van der Waals surface area contributed by atoms with E-state index in [1.165, 1.54) is 0 Å². The molecule has 88 valence electrons. The van der Waals surface area contributed by atoms with Crippen LogP contribution in [0.4, 0.5) is 0 Å². The standard InChI is InChI=1S/C11H12N4O2/c16-11(12-6-8-2-1-5-17-8)10-13-9(14-15-10)7-3-4-7/h1-2,5,7H,3-4,6H2,(H,12,16)(H,13,14,15). The van der Waals surface area contributed by atoms with Crippen molar-refractivity contribution in [3.05, 3.63) is 35.8 Å². The number of carbonyl (C=O) groups excluding carboxylic acids is 1. The van der Waals surface area contributed by atoms with Crippen molar-refractivity contribution in [1.82, 2.24) is 20.5 Å². The Morgan fingerprint density at radius 2 is 2.47 bits per heavy atom. The first kappa shape index (κ1) is 10.1. The van der Waals surface area contributed by atoms with E-state index in [9.17, 15) is 4.79 Å². The number of furan rings is 1. The maximum atomic E-state index is 11.7. The third-order valence-corrected chi connectivity index (χ3v) is 2.67. The minimum absolute atomic E-state index is 0.193. The van der Waals surface area contributed by atoms with Crippen molar-refractivity contribution in [2.24, 2.45) is 0 Å². The summed E-state index contributed by atoms with van der Waals surface area (Å²) in [7, 11) is 0. The van der Waals surface area contributed by atoms with Gasteiger partial charge in [0.1, 0.15) is 11.6 Å². The minimum atomic E-state index is -0.287. The van der Waals surface area contributed by atoms with Crippen molar-refractivity contribution in [1.29, 1.82) is 0 Å². The molecule has 0 saturated heterocycles. The van der Waals surface area contributed by atoms with Crippen LogP contribution in [-0.4, -0.2) is 21.1 Å². The lowest BCUT2D eigenvalue weighted by Gasteiger charge is -1.98. The van der Waals surface area contributed by atoms with Gasteiger partial charge in [-0.15, -0.1) is 5.10 Å². The second kappa shape index (κ2) is 4.04. The number of carbonyl (C=O) groups is 1. The van der Waals surface area contributed by atoms with Crippen molar-refractivity contribution in [2.75, 3.05) is 0 Å². The average molecular weight is 232 g/mol. The van der Waals surface area contributed by atoms with Crippen LogP contribution in [0, 0.1) is 0 Å². The monoisotopic (exact) mass is 232 g/mol. The summed E-state index contributed by atoms with van der Waals surface area (Å²) in [6, 6.07) is 3.58. The molecular weight excluding hydrogens is 220 g/mol. The molecule has 0 spiro atoms. The van der Waals surface area contributed by atoms with Crippen molar-refractivity contribution in [3.8, 4) is 0 Å². The molecule has 0 radical (unpaired) electrons. The third-order valence-electron chi connectivity index (χ3n) is 2.67. The third kappa shape index (κ3) is 2.20. The predicted molar refractivity (Wildman–Crippen MR) is 58.2 cm³/mol. The average Bonchev–Trinajstić information content (AvgIpc) is 2.88. The van der Waals surface area contributed by atoms with E-state index in [1.807, 2.05) is 0 Å². The van der Waals surface area contributed by atoms with Gasteiger partial charge in [0.25, 0.3) is 5.91 Å². The minimum Gasteiger partial charge on any atom is -0.467 e. The van der Waals surface area contributed by atoms with E-state index >= 15 is 0 Å². The zero-order valence-corrected chi connectivity index (χ0v) is 9.14. The molecule has 17 heavy (non-hydrogen) atoms. The summed E-state index contributed by atoms with van der Waals surface area (Å²) < 4.78 is 5.11. The van der Waals surface area contributed by atoms with Gasteiger partial charge in [0.05, 0.1) is 12.8 Å². The summed E-state index contributed by atoms with van der Waals surface area (Å²) in [4.78, 5) is 15.9. The molecule has 0 aliphatic heterocycles. The molecular formula is C11H12N4O2. The molecule has 1 aliphatic rings. The molecule has 0 aromatic carbocycles. The summed E-state index contributed by atoms with van der Waals surface area (Å²) in [6.07, 6.45) is 3.82. The first-order valence-electron chi connectivity index (χ1n) is 5.56. The Bertz CT molecular complexity index is 513. The SMILES string of the molecule is O=C(NCc1ccco1)c1n[nH]c(C2CC2)n1. The van der Waals surface area contributed by atoms with E-state index in [1.54, 1.807) is 18.4 Å². The molecule has 1 fully saturated rings. The van der Waals surface area contributed by atoms with Crippen LogP contribution in [0.25, 0.3) is 0 Å². The summed E-state index contributed by atoms with van der Waals surface area (Å²) in [5.74, 6) is 1.89. The van der Waals surface area contributed by atoms with Gasteiger partial charge in [0, 0.05) is 5.92 Å². The van der Waals surface area contributed by atoms with E-state index in [0.717, 1.165) is 18.7 Å². The number of amides is 1. The van der Waals surface area contributed by atoms with Gasteiger partial charge in [0.2, 0.25) is 5.82 Å². The van der Waals surface area contributed by atoms with Crippen LogP contribution >= 0.6 is 0 Å². The van der Waals surface area contributed by atoms with Crippen LogP contribution in [0.5, 0.6) is 0 Å². The molecule has 0 atom stereocenters. The fraction of sp³-hybridized carbons (Fsp3) is 0.364. The van der Waals surface area contributed by atoms with Crippen molar-refractivity contribution < 1.29 is 9.21 Å². The predicted octanol–water partition coefficient (Wildman–Crippen LogP) is 1.21. The Labute approximate surface area is 97.4 Å². The van der Waals surface area contributed by atoms with Crippen LogP contribution in [-0.2, 0) is 6.54 Å². The van der Waals surface area contributed by atoms with Crippen molar-refractivity contribution >= 4 is 5.91 Å². The summed E-state index contributed by atoms with van der Waals surface area (Å²) in [5, 5.41) is 9.39. The Balaban J connectivity index is 1.60. The maximum absolute atomic E-state index is 11.7. The number of H-pyrrole nitrogens is 1. The summed E-state index contributed by atoms with van der Waals surface area (Å²) in [6.45, 7) is 0.346. The van der Waals surface area contributed by atoms with Crippen LogP contribution < -0.4 is 5.32 Å². The van der Waals surface area contributed by atoms with E-state index in [-0.39, 0.29) is 11.7 Å². The van der Waals surface area contributed by atoms with Gasteiger partial charge < -0.3 is 9.73 Å². The molecule has 0 bridgehead atoms. The molecule has 1 amide bonds. The number of rotatable bonds is 4. The van der Waals surface area contributed by atoms with Crippen molar-refractivity contribution in [2.45, 2.75) is 25.3 Å². The molecule has 2 aromatic heterocycles. The number of hydrogen-bond donors (Lipinski definition) is 2. The topological polar surface area (TPSA) is 83.8 Å². The van der Waals surface area contributed by atoms with E-state index < -0.39 is 0 Å². The van der Waals surface area contributed by atoms with Gasteiger partial charge >= 0.3 is 0 Å². The van der Waals surface area contributed by atoms with Gasteiger partial charge in [-0.25, -0.2) is 4.98 Å². The van der Waals surface area contributed by atoms with Gasteiger partial charge in [0.15, 0.2) is 0 Å². The highest BCUT2D eigenvalue weighted by atomic mass is 16.3. The van der Waals surface area contributed by atoms with Gasteiger partial charge in [-0.1, -0.05) is 0 Å². The quantitative estimate of drug-likeness (QED) is 0.829. The molecule has 1 saturated carbocycles. The molecule has 6 heteroatoms. The molecule has 2 aromatic rings. The number of nitrogens with one attached hydrogen (secondary N) is 2. The summed E-state index contributed by atoms with van der Waals surface area (Å²) in [5.41, 5.74) is 0. The molecule has 0 unspecified atom stereocenters. The van der Waals surface area contributed by atoms with Crippen molar-refractivity contribution in [3.63, 3.8) is 0 Å². The fourth-order valence-corrected chi connectivity index (χ4v) is 1.57. The lowest BCUT2D eigenvalue weighted by molar-refractivity contribution is 0.0938.